The Morgan fingerprint density at radius 1 is 1.47 bits per heavy atom. The summed E-state index contributed by atoms with van der Waals surface area (Å²) in [6, 6.07) is 4.73. The van der Waals surface area contributed by atoms with E-state index in [4.69, 9.17) is 4.74 Å². The average Bonchev–Trinajstić information content (AvgIpc) is 2.40. The summed E-state index contributed by atoms with van der Waals surface area (Å²) in [5.41, 5.74) is 1.44. The van der Waals surface area contributed by atoms with Crippen LogP contribution in [0.3, 0.4) is 0 Å². The number of amides is 1. The molecule has 1 atom stereocenters. The summed E-state index contributed by atoms with van der Waals surface area (Å²) in [7, 11) is 1.58. The van der Waals surface area contributed by atoms with Gasteiger partial charge in [-0.1, -0.05) is 12.1 Å². The molecule has 0 fully saturated rings. The molecule has 0 aliphatic rings. The van der Waals surface area contributed by atoms with Crippen LogP contribution in [0.15, 0.2) is 18.2 Å². The van der Waals surface area contributed by atoms with Crippen molar-refractivity contribution in [1.82, 2.24) is 10.6 Å². The summed E-state index contributed by atoms with van der Waals surface area (Å²) in [6.45, 7) is 4.92. The van der Waals surface area contributed by atoms with Crippen molar-refractivity contribution in [2.24, 2.45) is 0 Å². The highest BCUT2D eigenvalue weighted by Gasteiger charge is 2.11. The first kappa shape index (κ1) is 15.6. The van der Waals surface area contributed by atoms with E-state index in [1.54, 1.807) is 27.0 Å². The second-order valence-electron chi connectivity index (χ2n) is 4.47. The molecule has 0 aliphatic heterocycles. The minimum atomic E-state index is -0.332. The highest BCUT2D eigenvalue weighted by atomic mass is 19.1. The maximum absolute atomic E-state index is 13.3. The van der Waals surface area contributed by atoms with E-state index in [9.17, 15) is 9.18 Å². The molecule has 1 rings (SSSR count). The predicted octanol–water partition coefficient (Wildman–Crippen LogP) is 1.37. The lowest BCUT2D eigenvalue weighted by Crippen LogP contribution is -2.42. The monoisotopic (exact) mass is 268 g/mol. The first-order chi connectivity index (χ1) is 9.04. The largest absolute Gasteiger partial charge is 0.383 e. The number of benzene rings is 1. The van der Waals surface area contributed by atoms with Gasteiger partial charge in [-0.3, -0.25) is 4.79 Å². The molecule has 5 heteroatoms. The summed E-state index contributed by atoms with van der Waals surface area (Å²) in [5.74, 6) is -0.318. The third-order valence-electron chi connectivity index (χ3n) is 2.85. The van der Waals surface area contributed by atoms with Crippen LogP contribution < -0.4 is 10.6 Å². The zero-order valence-electron chi connectivity index (χ0n) is 11.6. The fourth-order valence-corrected chi connectivity index (χ4v) is 1.54. The van der Waals surface area contributed by atoms with Crippen LogP contribution in [0.1, 0.15) is 18.1 Å². The first-order valence-electron chi connectivity index (χ1n) is 6.29. The Morgan fingerprint density at radius 2 is 2.21 bits per heavy atom. The van der Waals surface area contributed by atoms with Crippen LogP contribution in [0.5, 0.6) is 0 Å². The number of nitrogens with one attached hydrogen (secondary N) is 2. The number of halogens is 1. The second-order valence-corrected chi connectivity index (χ2v) is 4.47. The van der Waals surface area contributed by atoms with Crippen molar-refractivity contribution in [1.29, 1.82) is 0 Å². The van der Waals surface area contributed by atoms with Gasteiger partial charge in [0.1, 0.15) is 5.82 Å². The van der Waals surface area contributed by atoms with Crippen LogP contribution in [0.2, 0.25) is 0 Å². The summed E-state index contributed by atoms with van der Waals surface area (Å²) in [6.07, 6.45) is 0. The first-order valence-corrected chi connectivity index (χ1v) is 6.29. The van der Waals surface area contributed by atoms with Gasteiger partial charge in [0.2, 0.25) is 5.91 Å². The summed E-state index contributed by atoms with van der Waals surface area (Å²) >= 11 is 0. The van der Waals surface area contributed by atoms with Crippen molar-refractivity contribution in [3.63, 3.8) is 0 Å². The molecule has 1 unspecified atom stereocenters. The SMILES string of the molecule is COCCNC(=O)C(C)NCc1ccc(C)c(F)c1. The number of carbonyl (C=O) groups excluding carboxylic acids is 1. The molecule has 0 heterocycles. The lowest BCUT2D eigenvalue weighted by Gasteiger charge is -2.14. The molecule has 1 aromatic rings. The number of methoxy groups -OCH3 is 1. The van der Waals surface area contributed by atoms with E-state index in [1.807, 2.05) is 6.07 Å². The minimum Gasteiger partial charge on any atom is -0.383 e. The second kappa shape index (κ2) is 7.86. The molecule has 0 aliphatic carbocycles. The van der Waals surface area contributed by atoms with Crippen molar-refractivity contribution >= 4 is 5.91 Å². The number of hydrogen-bond donors (Lipinski definition) is 2. The number of rotatable bonds is 7. The molecule has 0 saturated heterocycles. The van der Waals surface area contributed by atoms with Gasteiger partial charge in [0.05, 0.1) is 12.6 Å². The Bertz CT molecular complexity index is 424. The van der Waals surface area contributed by atoms with Crippen molar-refractivity contribution in [2.75, 3.05) is 20.3 Å². The van der Waals surface area contributed by atoms with E-state index in [0.29, 0.717) is 25.3 Å². The van der Waals surface area contributed by atoms with Crippen LogP contribution in [0.25, 0.3) is 0 Å². The van der Waals surface area contributed by atoms with E-state index in [0.717, 1.165) is 5.56 Å². The van der Waals surface area contributed by atoms with E-state index in [-0.39, 0.29) is 17.8 Å². The average molecular weight is 268 g/mol. The number of carbonyl (C=O) groups is 1. The van der Waals surface area contributed by atoms with Gasteiger partial charge in [0.25, 0.3) is 0 Å². The Kier molecular flexibility index (Phi) is 6.45. The van der Waals surface area contributed by atoms with Crippen molar-refractivity contribution in [2.45, 2.75) is 26.4 Å². The van der Waals surface area contributed by atoms with Gasteiger partial charge in [-0.25, -0.2) is 4.39 Å². The Labute approximate surface area is 113 Å². The van der Waals surface area contributed by atoms with Crippen LogP contribution >= 0.6 is 0 Å². The Hall–Kier alpha value is -1.46. The number of ether oxygens (including phenoxy) is 1. The molecule has 0 saturated carbocycles. The standard InChI is InChI=1S/C14H21FN2O2/c1-10-4-5-12(8-13(10)15)9-17-11(2)14(18)16-6-7-19-3/h4-5,8,11,17H,6-7,9H2,1-3H3,(H,16,18). The molecule has 0 bridgehead atoms. The van der Waals surface area contributed by atoms with Crippen LogP contribution in [-0.4, -0.2) is 32.2 Å². The summed E-state index contributed by atoms with van der Waals surface area (Å²) in [5, 5.41) is 5.79. The van der Waals surface area contributed by atoms with Gasteiger partial charge in [0.15, 0.2) is 0 Å². The lowest BCUT2D eigenvalue weighted by atomic mass is 10.1. The molecule has 106 valence electrons. The maximum atomic E-state index is 13.3. The van der Waals surface area contributed by atoms with E-state index >= 15 is 0 Å². The quantitative estimate of drug-likeness (QED) is 0.734. The Balaban J connectivity index is 2.38. The highest BCUT2D eigenvalue weighted by Crippen LogP contribution is 2.09. The topological polar surface area (TPSA) is 50.4 Å². The molecular weight excluding hydrogens is 247 g/mol. The molecule has 0 radical (unpaired) electrons. The molecule has 1 amide bonds. The molecule has 1 aromatic carbocycles. The molecule has 0 aromatic heterocycles. The van der Waals surface area contributed by atoms with Crippen LogP contribution in [-0.2, 0) is 16.1 Å². The normalized spacial score (nSPS) is 12.2. The molecule has 4 nitrogen and oxygen atoms in total. The van der Waals surface area contributed by atoms with E-state index < -0.39 is 0 Å². The zero-order chi connectivity index (χ0) is 14.3. The van der Waals surface area contributed by atoms with Gasteiger partial charge >= 0.3 is 0 Å². The van der Waals surface area contributed by atoms with Crippen LogP contribution in [0.4, 0.5) is 4.39 Å². The van der Waals surface area contributed by atoms with Crippen molar-refractivity contribution in [3.05, 3.63) is 35.1 Å². The maximum Gasteiger partial charge on any atom is 0.236 e. The Morgan fingerprint density at radius 3 is 2.84 bits per heavy atom. The van der Waals surface area contributed by atoms with E-state index in [1.165, 1.54) is 6.07 Å². The third-order valence-corrected chi connectivity index (χ3v) is 2.85. The van der Waals surface area contributed by atoms with Crippen molar-refractivity contribution in [3.8, 4) is 0 Å². The molecule has 19 heavy (non-hydrogen) atoms. The van der Waals surface area contributed by atoms with Gasteiger partial charge in [-0.15, -0.1) is 0 Å². The fourth-order valence-electron chi connectivity index (χ4n) is 1.54. The van der Waals surface area contributed by atoms with Crippen molar-refractivity contribution < 1.29 is 13.9 Å². The number of aryl methyl sites for hydroxylation is 1. The molecule has 2 N–H and O–H groups in total. The van der Waals surface area contributed by atoms with Gasteiger partial charge < -0.3 is 15.4 Å². The fraction of sp³-hybridized carbons (Fsp3) is 0.500. The summed E-state index contributed by atoms with van der Waals surface area (Å²) in [4.78, 5) is 11.7. The van der Waals surface area contributed by atoms with Crippen LogP contribution in [0, 0.1) is 12.7 Å². The smallest absolute Gasteiger partial charge is 0.236 e. The van der Waals surface area contributed by atoms with Gasteiger partial charge in [-0.2, -0.15) is 0 Å². The predicted molar refractivity (Wildman–Crippen MR) is 72.3 cm³/mol. The van der Waals surface area contributed by atoms with Gasteiger partial charge in [0, 0.05) is 20.2 Å². The molecule has 0 spiro atoms. The lowest BCUT2D eigenvalue weighted by molar-refractivity contribution is -0.122. The zero-order valence-corrected chi connectivity index (χ0v) is 11.6. The van der Waals surface area contributed by atoms with E-state index in [2.05, 4.69) is 10.6 Å². The third kappa shape index (κ3) is 5.36. The minimum absolute atomic E-state index is 0.0929. The number of hydrogen-bond acceptors (Lipinski definition) is 3. The highest BCUT2D eigenvalue weighted by molar-refractivity contribution is 5.81. The van der Waals surface area contributed by atoms with Gasteiger partial charge in [-0.05, 0) is 31.0 Å². The summed E-state index contributed by atoms with van der Waals surface area (Å²) < 4.78 is 18.2. The molecular formula is C14H21FN2O2.